The molecule has 0 spiro atoms. The number of rotatable bonds is 8. The van der Waals surface area contributed by atoms with Crippen molar-refractivity contribution in [2.24, 2.45) is 28.6 Å². The average Bonchev–Trinajstić information content (AvgIpc) is 2.54. The fourth-order valence-electron chi connectivity index (χ4n) is 5.53. The predicted molar refractivity (Wildman–Crippen MR) is 102 cm³/mol. The first-order valence-electron chi connectivity index (χ1n) is 9.86. The lowest BCUT2D eigenvalue weighted by Crippen LogP contribution is -2.50. The Kier molecular flexibility index (Phi) is 6.58. The van der Waals surface area contributed by atoms with Crippen LogP contribution < -0.4 is 0 Å². The van der Waals surface area contributed by atoms with Gasteiger partial charge in [-0.15, -0.1) is 0 Å². The molecule has 0 bridgehead atoms. The zero-order chi connectivity index (χ0) is 21.3. The van der Waals surface area contributed by atoms with Crippen LogP contribution in [0.2, 0.25) is 0 Å². The number of carboxylic acids is 3. The van der Waals surface area contributed by atoms with Crippen molar-refractivity contribution < 1.29 is 34.4 Å². The van der Waals surface area contributed by atoms with Crippen molar-refractivity contribution in [3.8, 4) is 0 Å². The molecule has 0 aromatic rings. The van der Waals surface area contributed by atoms with Crippen LogP contribution in [0.3, 0.4) is 0 Å². The molecule has 7 heteroatoms. The summed E-state index contributed by atoms with van der Waals surface area (Å²) in [6, 6.07) is 0. The van der Waals surface area contributed by atoms with E-state index in [4.69, 9.17) is 9.84 Å². The molecule has 0 radical (unpaired) electrons. The molecular weight excluding hydrogens is 364 g/mol. The zero-order valence-corrected chi connectivity index (χ0v) is 17.1. The lowest BCUT2D eigenvalue weighted by atomic mass is 9.49. The summed E-state index contributed by atoms with van der Waals surface area (Å²) in [6.45, 7) is 8.86. The van der Waals surface area contributed by atoms with Gasteiger partial charge in [-0.2, -0.15) is 0 Å². The number of carbonyl (C=O) groups is 3. The molecule has 158 valence electrons. The summed E-state index contributed by atoms with van der Waals surface area (Å²) in [7, 11) is 0. The van der Waals surface area contributed by atoms with E-state index in [0.717, 1.165) is 31.3 Å². The summed E-state index contributed by atoms with van der Waals surface area (Å²) in [5.41, 5.74) is 1.24. The number of hydrogen-bond donors (Lipinski definition) is 3. The SMILES string of the molecule is CC1=CCC2C(C)(C)CCC[C@]2(C)[C@H]1CO[C@@H](C(=O)O)[C@H](CC(=O)O)C(=O)O. The van der Waals surface area contributed by atoms with Gasteiger partial charge < -0.3 is 20.1 Å². The zero-order valence-electron chi connectivity index (χ0n) is 17.1. The highest BCUT2D eigenvalue weighted by molar-refractivity contribution is 5.85. The number of ether oxygens (including phenoxy) is 1. The highest BCUT2D eigenvalue weighted by atomic mass is 16.5. The third-order valence-corrected chi connectivity index (χ3v) is 7.06. The van der Waals surface area contributed by atoms with Crippen LogP contribution in [0, 0.1) is 28.6 Å². The second-order valence-electron chi connectivity index (χ2n) is 9.27. The largest absolute Gasteiger partial charge is 0.481 e. The molecule has 0 saturated heterocycles. The van der Waals surface area contributed by atoms with Gasteiger partial charge in [0.2, 0.25) is 0 Å². The van der Waals surface area contributed by atoms with Crippen LogP contribution in [0.25, 0.3) is 0 Å². The number of fused-ring (bicyclic) bond motifs is 1. The minimum atomic E-state index is -1.69. The second-order valence-corrected chi connectivity index (χ2v) is 9.27. The van der Waals surface area contributed by atoms with Crippen molar-refractivity contribution in [1.29, 1.82) is 0 Å². The molecule has 0 heterocycles. The van der Waals surface area contributed by atoms with Crippen LogP contribution >= 0.6 is 0 Å². The molecule has 2 aliphatic rings. The molecule has 28 heavy (non-hydrogen) atoms. The van der Waals surface area contributed by atoms with Crippen molar-refractivity contribution in [2.75, 3.05) is 6.61 Å². The van der Waals surface area contributed by atoms with Crippen molar-refractivity contribution in [3.63, 3.8) is 0 Å². The monoisotopic (exact) mass is 396 g/mol. The summed E-state index contributed by atoms with van der Waals surface area (Å²) in [6.07, 6.45) is 3.92. The van der Waals surface area contributed by atoms with E-state index in [1.54, 1.807) is 0 Å². The van der Waals surface area contributed by atoms with Gasteiger partial charge in [-0.1, -0.05) is 38.8 Å². The normalized spacial score (nSPS) is 31.2. The first-order chi connectivity index (χ1) is 12.9. The van der Waals surface area contributed by atoms with Gasteiger partial charge in [0.05, 0.1) is 13.0 Å². The molecular formula is C21H32O7. The number of aliphatic carboxylic acids is 3. The fraction of sp³-hybridized carbons (Fsp3) is 0.762. The van der Waals surface area contributed by atoms with Crippen LogP contribution in [0.1, 0.15) is 59.8 Å². The van der Waals surface area contributed by atoms with E-state index < -0.39 is 36.4 Å². The van der Waals surface area contributed by atoms with Gasteiger partial charge in [0, 0.05) is 5.92 Å². The fourth-order valence-corrected chi connectivity index (χ4v) is 5.53. The Hall–Kier alpha value is -1.89. The van der Waals surface area contributed by atoms with Crippen LogP contribution in [0.4, 0.5) is 0 Å². The molecule has 3 N–H and O–H groups in total. The highest BCUT2D eigenvalue weighted by Gasteiger charge is 2.52. The Morgan fingerprint density at radius 3 is 2.32 bits per heavy atom. The molecule has 7 nitrogen and oxygen atoms in total. The topological polar surface area (TPSA) is 121 Å². The Morgan fingerprint density at radius 2 is 1.79 bits per heavy atom. The van der Waals surface area contributed by atoms with E-state index in [9.17, 15) is 24.6 Å². The van der Waals surface area contributed by atoms with E-state index in [0.29, 0.717) is 5.92 Å². The summed E-state index contributed by atoms with van der Waals surface area (Å²) in [5.74, 6) is -5.51. The van der Waals surface area contributed by atoms with Crippen molar-refractivity contribution >= 4 is 17.9 Å². The minimum Gasteiger partial charge on any atom is -0.481 e. The van der Waals surface area contributed by atoms with Crippen molar-refractivity contribution in [1.82, 2.24) is 0 Å². The Balaban J connectivity index is 2.25. The molecule has 0 aromatic carbocycles. The molecule has 2 aliphatic carbocycles. The average molecular weight is 396 g/mol. The van der Waals surface area contributed by atoms with E-state index >= 15 is 0 Å². The van der Waals surface area contributed by atoms with Crippen LogP contribution in [0.15, 0.2) is 11.6 Å². The third-order valence-electron chi connectivity index (χ3n) is 7.06. The van der Waals surface area contributed by atoms with Gasteiger partial charge >= 0.3 is 17.9 Å². The molecule has 1 unspecified atom stereocenters. The quantitative estimate of drug-likeness (QED) is 0.537. The summed E-state index contributed by atoms with van der Waals surface area (Å²) < 4.78 is 5.64. The molecule has 0 aliphatic heterocycles. The lowest BCUT2D eigenvalue weighted by molar-refractivity contribution is -0.169. The number of hydrogen-bond acceptors (Lipinski definition) is 4. The number of allylic oxidation sites excluding steroid dienone is 1. The minimum absolute atomic E-state index is 0.0213. The van der Waals surface area contributed by atoms with Crippen LogP contribution in [-0.4, -0.2) is 45.9 Å². The van der Waals surface area contributed by atoms with Gasteiger partial charge in [0.15, 0.2) is 6.10 Å². The maximum Gasteiger partial charge on any atom is 0.333 e. The Morgan fingerprint density at radius 1 is 1.14 bits per heavy atom. The predicted octanol–water partition coefficient (Wildman–Crippen LogP) is 3.43. The molecule has 1 saturated carbocycles. The third kappa shape index (κ3) is 4.40. The molecule has 1 fully saturated rings. The van der Waals surface area contributed by atoms with Crippen molar-refractivity contribution in [2.45, 2.75) is 65.9 Å². The van der Waals surface area contributed by atoms with Gasteiger partial charge in [-0.3, -0.25) is 9.59 Å². The Bertz CT molecular complexity index is 666. The van der Waals surface area contributed by atoms with Gasteiger partial charge in [-0.25, -0.2) is 4.79 Å². The molecule has 5 atom stereocenters. The van der Waals surface area contributed by atoms with Gasteiger partial charge in [0.1, 0.15) is 5.92 Å². The first kappa shape index (κ1) is 22.4. The van der Waals surface area contributed by atoms with Crippen LogP contribution in [0.5, 0.6) is 0 Å². The number of carboxylic acid groups (broad SMARTS) is 3. The highest BCUT2D eigenvalue weighted by Crippen LogP contribution is 2.59. The molecule has 0 aromatic heterocycles. The second kappa shape index (κ2) is 8.23. The summed E-state index contributed by atoms with van der Waals surface area (Å²) in [4.78, 5) is 34.1. The van der Waals surface area contributed by atoms with E-state index in [-0.39, 0.29) is 23.4 Å². The smallest absolute Gasteiger partial charge is 0.333 e. The van der Waals surface area contributed by atoms with E-state index in [1.807, 2.05) is 6.92 Å². The lowest BCUT2D eigenvalue weighted by Gasteiger charge is -2.56. The van der Waals surface area contributed by atoms with Crippen LogP contribution in [-0.2, 0) is 19.1 Å². The van der Waals surface area contributed by atoms with Gasteiger partial charge in [0.25, 0.3) is 0 Å². The van der Waals surface area contributed by atoms with E-state index in [2.05, 4.69) is 26.8 Å². The first-order valence-corrected chi connectivity index (χ1v) is 9.86. The van der Waals surface area contributed by atoms with E-state index in [1.165, 1.54) is 0 Å². The Labute approximate surface area is 165 Å². The van der Waals surface area contributed by atoms with Crippen molar-refractivity contribution in [3.05, 3.63) is 11.6 Å². The van der Waals surface area contributed by atoms with Gasteiger partial charge in [-0.05, 0) is 42.9 Å². The maximum absolute atomic E-state index is 11.7. The maximum atomic E-state index is 11.7. The standard InChI is InChI=1S/C21H32O7/c1-12-6-7-15-20(2,3)8-5-9-21(15,4)14(12)11-28-17(19(26)27)13(18(24)25)10-16(22)23/h6,13-15,17H,5,7-11H2,1-4H3,(H,22,23)(H,24,25)(H,26,27)/t13-,14-,15?,17+,21+/m0/s1. The molecule has 2 rings (SSSR count). The summed E-state index contributed by atoms with van der Waals surface area (Å²) >= 11 is 0. The summed E-state index contributed by atoms with van der Waals surface area (Å²) in [5, 5.41) is 27.8. The molecule has 0 amide bonds.